The van der Waals surface area contributed by atoms with Gasteiger partial charge < -0.3 is 13.8 Å². The van der Waals surface area contributed by atoms with Crippen LogP contribution in [0.3, 0.4) is 0 Å². The number of hydrogen-bond acceptors (Lipinski definition) is 0. The summed E-state index contributed by atoms with van der Waals surface area (Å²) < 4.78 is 0. The molecule has 0 aliphatic carbocycles. The average molecular weight is 349 g/mol. The predicted octanol–water partition coefficient (Wildman–Crippen LogP) is 4.80. The van der Waals surface area contributed by atoms with Gasteiger partial charge in [-0.2, -0.15) is 12.8 Å². The van der Waals surface area contributed by atoms with E-state index >= 15 is 0 Å². The molecule has 0 radical (unpaired) electrons. The first-order valence-corrected chi connectivity index (χ1v) is 5.41. The molecule has 1 heteroatoms. The molecule has 0 saturated heterocycles. The molecule has 0 aliphatic rings. The fraction of sp³-hybridized carbons (Fsp3) is 0.833. The Hall–Kier alpha value is 0.870. The standard InChI is InChI=1S/2C6H13.Hf/c2*1-3-5-6-4-2;/h2*1,3-6H2,2H3;/q2*-1;. The molecule has 0 aromatic heterocycles. The first kappa shape index (κ1) is 19.4. The molecule has 0 N–H and O–H groups in total. The minimum atomic E-state index is 0. The Bertz CT molecular complexity index is 37.1. The van der Waals surface area contributed by atoms with Gasteiger partial charge in [-0.1, -0.05) is 52.4 Å². The Morgan fingerprint density at radius 1 is 0.692 bits per heavy atom. The Balaban J connectivity index is -0.000000143. The summed E-state index contributed by atoms with van der Waals surface area (Å²) in [5.41, 5.74) is 0. The number of hydrogen-bond donors (Lipinski definition) is 0. The zero-order valence-electron chi connectivity index (χ0n) is 9.57. The molecular formula is C12H26Hf-2. The predicted molar refractivity (Wildman–Crippen MR) is 59.0 cm³/mol. The Morgan fingerprint density at radius 2 is 1.00 bits per heavy atom. The quantitative estimate of drug-likeness (QED) is 0.367. The molecule has 0 unspecified atom stereocenters. The fourth-order valence-electron chi connectivity index (χ4n) is 0.854. The van der Waals surface area contributed by atoms with E-state index < -0.39 is 0 Å². The largest absolute Gasteiger partial charge is 0.343 e. The van der Waals surface area contributed by atoms with Crippen LogP contribution in [0.25, 0.3) is 0 Å². The summed E-state index contributed by atoms with van der Waals surface area (Å²) in [6.45, 7) is 11.9. The molecule has 0 amide bonds. The summed E-state index contributed by atoms with van der Waals surface area (Å²) in [5, 5.41) is 0. The molecule has 80 valence electrons. The molecular weight excluding hydrogens is 323 g/mol. The van der Waals surface area contributed by atoms with Crippen LogP contribution < -0.4 is 0 Å². The summed E-state index contributed by atoms with van der Waals surface area (Å²) in [5.74, 6) is 0. The van der Waals surface area contributed by atoms with Crippen molar-refractivity contribution >= 4 is 0 Å². The van der Waals surface area contributed by atoms with Gasteiger partial charge in [-0.3, -0.25) is 0 Å². The van der Waals surface area contributed by atoms with E-state index in [1.165, 1.54) is 38.5 Å². The van der Waals surface area contributed by atoms with Crippen molar-refractivity contribution in [3.05, 3.63) is 13.8 Å². The summed E-state index contributed by atoms with van der Waals surface area (Å²) in [4.78, 5) is 0. The molecule has 0 atom stereocenters. The molecule has 0 aromatic carbocycles. The summed E-state index contributed by atoms with van der Waals surface area (Å²) in [6.07, 6.45) is 10.1. The summed E-state index contributed by atoms with van der Waals surface area (Å²) >= 11 is 0. The van der Waals surface area contributed by atoms with Gasteiger partial charge in [-0.15, -0.1) is 0 Å². The smallest absolute Gasteiger partial charge is 0 e. The minimum Gasteiger partial charge on any atom is -0.343 e. The summed E-state index contributed by atoms with van der Waals surface area (Å²) in [7, 11) is 0. The van der Waals surface area contributed by atoms with E-state index in [0.717, 1.165) is 12.8 Å². The second-order valence-electron chi connectivity index (χ2n) is 3.12. The molecule has 0 fully saturated rings. The number of rotatable bonds is 6. The van der Waals surface area contributed by atoms with Crippen molar-refractivity contribution in [3.8, 4) is 0 Å². The van der Waals surface area contributed by atoms with Crippen molar-refractivity contribution in [1.82, 2.24) is 0 Å². The van der Waals surface area contributed by atoms with Crippen LogP contribution in [-0.4, -0.2) is 0 Å². The van der Waals surface area contributed by atoms with Gasteiger partial charge >= 0.3 is 0 Å². The fourth-order valence-corrected chi connectivity index (χ4v) is 0.854. The van der Waals surface area contributed by atoms with E-state index in [4.69, 9.17) is 0 Å². The minimum absolute atomic E-state index is 0. The van der Waals surface area contributed by atoms with Gasteiger partial charge in [0.05, 0.1) is 0 Å². The second kappa shape index (κ2) is 23.0. The van der Waals surface area contributed by atoms with Gasteiger partial charge in [0.1, 0.15) is 0 Å². The van der Waals surface area contributed by atoms with Crippen molar-refractivity contribution in [2.75, 3.05) is 0 Å². The van der Waals surface area contributed by atoms with Crippen LogP contribution in [0.1, 0.15) is 65.2 Å². The first-order valence-electron chi connectivity index (χ1n) is 5.41. The monoisotopic (exact) mass is 350 g/mol. The van der Waals surface area contributed by atoms with Crippen molar-refractivity contribution in [2.45, 2.75) is 65.2 Å². The van der Waals surface area contributed by atoms with Crippen molar-refractivity contribution in [3.63, 3.8) is 0 Å². The Labute approximate surface area is 105 Å². The zero-order chi connectivity index (χ0) is 9.66. The number of unbranched alkanes of at least 4 members (excludes halogenated alkanes) is 6. The topological polar surface area (TPSA) is 0 Å². The molecule has 0 nitrogen and oxygen atoms in total. The van der Waals surface area contributed by atoms with Gasteiger partial charge in [0.2, 0.25) is 0 Å². The third kappa shape index (κ3) is 32.2. The van der Waals surface area contributed by atoms with Gasteiger partial charge in [0, 0.05) is 25.8 Å². The van der Waals surface area contributed by atoms with Crippen molar-refractivity contribution in [2.24, 2.45) is 0 Å². The third-order valence-electron chi connectivity index (χ3n) is 1.71. The van der Waals surface area contributed by atoms with Crippen LogP contribution in [-0.2, 0) is 25.8 Å². The van der Waals surface area contributed by atoms with Crippen molar-refractivity contribution < 1.29 is 25.8 Å². The van der Waals surface area contributed by atoms with Crippen LogP contribution >= 0.6 is 0 Å². The maximum atomic E-state index is 3.72. The maximum absolute atomic E-state index is 3.72. The van der Waals surface area contributed by atoms with Crippen LogP contribution in [0.2, 0.25) is 0 Å². The van der Waals surface area contributed by atoms with Crippen molar-refractivity contribution in [1.29, 1.82) is 0 Å². The van der Waals surface area contributed by atoms with Crippen LogP contribution in [0.4, 0.5) is 0 Å². The van der Waals surface area contributed by atoms with Gasteiger partial charge in [0.15, 0.2) is 0 Å². The third-order valence-corrected chi connectivity index (χ3v) is 1.71. The van der Waals surface area contributed by atoms with Gasteiger partial charge in [-0.25, -0.2) is 0 Å². The average Bonchev–Trinajstić information content (AvgIpc) is 2.12. The van der Waals surface area contributed by atoms with E-state index in [0.29, 0.717) is 0 Å². The molecule has 0 bridgehead atoms. The first-order chi connectivity index (χ1) is 5.83. The van der Waals surface area contributed by atoms with Crippen LogP contribution in [0.5, 0.6) is 0 Å². The SMILES string of the molecule is [CH2-]CCCCC.[CH2-]CCCCC.[Hf]. The Kier molecular flexibility index (Phi) is 34.5. The van der Waals surface area contributed by atoms with Crippen LogP contribution in [0.15, 0.2) is 0 Å². The van der Waals surface area contributed by atoms with E-state index in [-0.39, 0.29) is 25.8 Å². The molecule has 13 heavy (non-hydrogen) atoms. The summed E-state index contributed by atoms with van der Waals surface area (Å²) in [6, 6.07) is 0. The normalized spacial score (nSPS) is 8.31. The molecule has 0 heterocycles. The van der Waals surface area contributed by atoms with Gasteiger partial charge in [0.25, 0.3) is 0 Å². The van der Waals surface area contributed by atoms with Gasteiger partial charge in [-0.05, 0) is 0 Å². The molecule has 0 aromatic rings. The molecule has 0 saturated carbocycles. The van der Waals surface area contributed by atoms with E-state index in [1.807, 2.05) is 0 Å². The van der Waals surface area contributed by atoms with E-state index in [1.54, 1.807) is 0 Å². The molecule has 0 spiro atoms. The van der Waals surface area contributed by atoms with Crippen LogP contribution in [0, 0.1) is 13.8 Å². The van der Waals surface area contributed by atoms with E-state index in [9.17, 15) is 0 Å². The maximum Gasteiger partial charge on any atom is 0 e. The Morgan fingerprint density at radius 3 is 1.08 bits per heavy atom. The second-order valence-corrected chi connectivity index (χ2v) is 3.12. The molecule has 0 rings (SSSR count). The molecule has 0 aliphatic heterocycles. The van der Waals surface area contributed by atoms with E-state index in [2.05, 4.69) is 27.7 Å². The zero-order valence-corrected chi connectivity index (χ0v) is 13.2.